The molecule has 0 saturated carbocycles. The van der Waals surface area contributed by atoms with Crippen LogP contribution in [0.15, 0.2) is 101 Å². The minimum atomic E-state index is -3.64. The molecule has 1 aliphatic rings. The molecule has 2 aromatic heterocycles. The molecular formula is C32H32N4O3S. The van der Waals surface area contributed by atoms with E-state index in [-0.39, 0.29) is 5.56 Å². The monoisotopic (exact) mass is 552 g/mol. The second kappa shape index (κ2) is 9.87. The number of rotatable bonds is 6. The molecular weight excluding hydrogens is 520 g/mol. The molecule has 6 rings (SSSR count). The van der Waals surface area contributed by atoms with E-state index in [1.807, 2.05) is 42.1 Å². The van der Waals surface area contributed by atoms with Crippen molar-refractivity contribution in [1.82, 2.24) is 18.7 Å². The van der Waals surface area contributed by atoms with Gasteiger partial charge in [-0.3, -0.25) is 4.79 Å². The molecule has 0 spiro atoms. The molecule has 204 valence electrons. The Labute approximate surface area is 234 Å². The summed E-state index contributed by atoms with van der Waals surface area (Å²) in [5.74, 6) is 0. The molecule has 1 saturated heterocycles. The Hall–Kier alpha value is -4.01. The van der Waals surface area contributed by atoms with Gasteiger partial charge in [0.25, 0.3) is 0 Å². The average Bonchev–Trinajstić information content (AvgIpc) is 3.56. The third-order valence-corrected chi connectivity index (χ3v) is 9.97. The van der Waals surface area contributed by atoms with Gasteiger partial charge in [-0.15, -0.1) is 0 Å². The average molecular weight is 553 g/mol. The van der Waals surface area contributed by atoms with E-state index in [9.17, 15) is 13.2 Å². The number of sulfonamides is 1. The largest absolute Gasteiger partial charge is 0.316 e. The van der Waals surface area contributed by atoms with Gasteiger partial charge in [-0.2, -0.15) is 9.40 Å². The fraction of sp³-hybridized carbons (Fsp3) is 0.250. The molecule has 1 atom stereocenters. The number of aryl methyl sites for hydroxylation is 3. The van der Waals surface area contributed by atoms with E-state index < -0.39 is 15.4 Å². The Morgan fingerprint density at radius 1 is 0.950 bits per heavy atom. The summed E-state index contributed by atoms with van der Waals surface area (Å²) in [5.41, 5.74) is 5.61. The van der Waals surface area contributed by atoms with Crippen molar-refractivity contribution in [3.05, 3.63) is 124 Å². The van der Waals surface area contributed by atoms with Gasteiger partial charge < -0.3 is 4.57 Å². The van der Waals surface area contributed by atoms with Crippen LogP contribution in [-0.2, 0) is 28.9 Å². The molecule has 0 radical (unpaired) electrons. The molecule has 7 nitrogen and oxygen atoms in total. The highest BCUT2D eigenvalue weighted by Crippen LogP contribution is 2.42. The van der Waals surface area contributed by atoms with Crippen LogP contribution < -0.4 is 5.56 Å². The Kier molecular flexibility index (Phi) is 6.47. The van der Waals surface area contributed by atoms with Gasteiger partial charge in [-0.25, -0.2) is 13.1 Å². The van der Waals surface area contributed by atoms with Gasteiger partial charge in [0.15, 0.2) is 0 Å². The van der Waals surface area contributed by atoms with Crippen molar-refractivity contribution in [1.29, 1.82) is 0 Å². The Morgan fingerprint density at radius 2 is 1.75 bits per heavy atom. The van der Waals surface area contributed by atoms with Crippen LogP contribution in [0.4, 0.5) is 0 Å². The smallest absolute Gasteiger partial charge is 0.250 e. The van der Waals surface area contributed by atoms with Gasteiger partial charge >= 0.3 is 0 Å². The number of hydrogen-bond acceptors (Lipinski definition) is 4. The van der Waals surface area contributed by atoms with Crippen LogP contribution in [0.5, 0.6) is 0 Å². The highest BCUT2D eigenvalue weighted by atomic mass is 32.2. The molecule has 0 N–H and O–H groups in total. The fourth-order valence-electron chi connectivity index (χ4n) is 6.07. The molecule has 0 amide bonds. The van der Waals surface area contributed by atoms with Crippen LogP contribution in [0.25, 0.3) is 16.6 Å². The van der Waals surface area contributed by atoms with Crippen molar-refractivity contribution >= 4 is 20.9 Å². The van der Waals surface area contributed by atoms with Crippen LogP contribution in [-0.4, -0.2) is 40.2 Å². The molecule has 5 aromatic rings. The van der Waals surface area contributed by atoms with E-state index in [0.29, 0.717) is 24.4 Å². The van der Waals surface area contributed by atoms with Crippen molar-refractivity contribution in [2.45, 2.75) is 37.0 Å². The van der Waals surface area contributed by atoms with E-state index in [1.54, 1.807) is 52.4 Å². The number of fused-ring (bicyclic) bond motifs is 1. The normalized spacial score (nSPS) is 18.0. The minimum absolute atomic E-state index is 0.0760. The zero-order valence-corrected chi connectivity index (χ0v) is 23.7. The summed E-state index contributed by atoms with van der Waals surface area (Å²) in [5, 5.41) is 5.62. The summed E-state index contributed by atoms with van der Waals surface area (Å²) in [6, 6.07) is 25.1. The number of benzene rings is 3. The fourth-order valence-corrected chi connectivity index (χ4v) is 7.70. The second-order valence-electron chi connectivity index (χ2n) is 11.0. The standard InChI is InChI=1S/C32H32N4O3S/c1-23-8-7-11-28(16-23)40(38,39)35-15-14-32(22-35,19-25-9-5-4-6-10-25)29-18-26-20-33-36(30(26)17-24(29)2)27-12-13-31(37)34(3)21-27/h4-13,16-18,20-21H,14-15,19,22H2,1-3H3. The first-order valence-corrected chi connectivity index (χ1v) is 14.9. The summed E-state index contributed by atoms with van der Waals surface area (Å²) in [4.78, 5) is 12.3. The Balaban J connectivity index is 1.45. The van der Waals surface area contributed by atoms with Crippen molar-refractivity contribution in [2.24, 2.45) is 7.05 Å². The molecule has 1 fully saturated rings. The SMILES string of the molecule is Cc1cccc(S(=O)(=O)N2CCC(Cc3ccccc3)(c3cc4cnn(-c5ccc(=O)n(C)c5)c4cc3C)C2)c1. The predicted molar refractivity (Wildman–Crippen MR) is 157 cm³/mol. The van der Waals surface area contributed by atoms with Crippen LogP contribution >= 0.6 is 0 Å². The summed E-state index contributed by atoms with van der Waals surface area (Å²) >= 11 is 0. The summed E-state index contributed by atoms with van der Waals surface area (Å²) in [7, 11) is -1.91. The zero-order chi connectivity index (χ0) is 28.1. The lowest BCUT2D eigenvalue weighted by atomic mass is 9.73. The van der Waals surface area contributed by atoms with Crippen LogP contribution in [0, 0.1) is 13.8 Å². The van der Waals surface area contributed by atoms with Crippen LogP contribution in [0.3, 0.4) is 0 Å². The van der Waals surface area contributed by atoms with Gasteiger partial charge in [0.05, 0.1) is 22.3 Å². The van der Waals surface area contributed by atoms with Gasteiger partial charge in [-0.1, -0.05) is 42.5 Å². The van der Waals surface area contributed by atoms with Crippen molar-refractivity contribution < 1.29 is 8.42 Å². The van der Waals surface area contributed by atoms with E-state index in [0.717, 1.165) is 39.7 Å². The highest BCUT2D eigenvalue weighted by molar-refractivity contribution is 7.89. The van der Waals surface area contributed by atoms with E-state index in [4.69, 9.17) is 0 Å². The Bertz CT molecular complexity index is 1890. The van der Waals surface area contributed by atoms with Crippen LogP contribution in [0.2, 0.25) is 0 Å². The lowest BCUT2D eigenvalue weighted by molar-refractivity contribution is 0.413. The molecule has 0 bridgehead atoms. The zero-order valence-electron chi connectivity index (χ0n) is 22.9. The summed E-state index contributed by atoms with van der Waals surface area (Å²) in [6.45, 7) is 4.87. The van der Waals surface area contributed by atoms with E-state index >= 15 is 0 Å². The molecule has 8 heteroatoms. The third-order valence-electron chi connectivity index (χ3n) is 8.13. The minimum Gasteiger partial charge on any atom is -0.316 e. The van der Waals surface area contributed by atoms with Gasteiger partial charge in [0.2, 0.25) is 15.6 Å². The molecule has 3 heterocycles. The lowest BCUT2D eigenvalue weighted by Crippen LogP contribution is -2.36. The third kappa shape index (κ3) is 4.57. The van der Waals surface area contributed by atoms with Gasteiger partial charge in [-0.05, 0) is 79.3 Å². The molecule has 1 unspecified atom stereocenters. The van der Waals surface area contributed by atoms with E-state index in [1.165, 1.54) is 5.56 Å². The molecule has 0 aliphatic carbocycles. The maximum Gasteiger partial charge on any atom is 0.250 e. The predicted octanol–water partition coefficient (Wildman–Crippen LogP) is 4.92. The number of hydrogen-bond donors (Lipinski definition) is 0. The quantitative estimate of drug-likeness (QED) is 0.300. The summed E-state index contributed by atoms with van der Waals surface area (Å²) < 4.78 is 32.6. The maximum absolute atomic E-state index is 13.8. The topological polar surface area (TPSA) is 77.2 Å². The molecule has 1 aliphatic heterocycles. The maximum atomic E-state index is 13.8. The Morgan fingerprint density at radius 3 is 2.50 bits per heavy atom. The van der Waals surface area contributed by atoms with Crippen molar-refractivity contribution in [2.75, 3.05) is 13.1 Å². The number of nitrogens with zero attached hydrogens (tertiary/aromatic N) is 4. The first-order valence-electron chi connectivity index (χ1n) is 13.4. The number of aromatic nitrogens is 3. The molecule has 3 aromatic carbocycles. The van der Waals surface area contributed by atoms with Crippen molar-refractivity contribution in [3.8, 4) is 5.69 Å². The van der Waals surface area contributed by atoms with Gasteiger partial charge in [0, 0.05) is 43.2 Å². The number of pyridine rings is 1. The van der Waals surface area contributed by atoms with Crippen LogP contribution in [0.1, 0.15) is 28.7 Å². The highest BCUT2D eigenvalue weighted by Gasteiger charge is 2.45. The second-order valence-corrected chi connectivity index (χ2v) is 12.9. The first-order chi connectivity index (χ1) is 19.2. The van der Waals surface area contributed by atoms with E-state index in [2.05, 4.69) is 36.3 Å². The van der Waals surface area contributed by atoms with Gasteiger partial charge in [0.1, 0.15) is 0 Å². The summed E-state index contributed by atoms with van der Waals surface area (Å²) in [6.07, 6.45) is 5.07. The molecule has 40 heavy (non-hydrogen) atoms. The first kappa shape index (κ1) is 26.2. The van der Waals surface area contributed by atoms with Crippen molar-refractivity contribution in [3.63, 3.8) is 0 Å². The lowest BCUT2D eigenvalue weighted by Gasteiger charge is -2.32.